The number of Topliss-reactive ketones (excluding diaryl/α,β-unsaturated/α-hetero) is 2. The van der Waals surface area contributed by atoms with Crippen LogP contribution in [-0.2, 0) is 0 Å². The lowest BCUT2D eigenvalue weighted by atomic mass is 9.90. The van der Waals surface area contributed by atoms with Gasteiger partial charge in [0.1, 0.15) is 0 Å². The largest absolute Gasteiger partial charge is 0.288 e. The van der Waals surface area contributed by atoms with Gasteiger partial charge in [-0.3, -0.25) is 9.59 Å². The van der Waals surface area contributed by atoms with Gasteiger partial charge in [-0.2, -0.15) is 0 Å². The molecular weight excluding hydrogens is 308 g/mol. The van der Waals surface area contributed by atoms with Gasteiger partial charge in [0.2, 0.25) is 0 Å². The molecule has 0 N–H and O–H groups in total. The van der Waals surface area contributed by atoms with Crippen molar-refractivity contribution < 1.29 is 9.59 Å². The van der Waals surface area contributed by atoms with Gasteiger partial charge in [-0.25, -0.2) is 0 Å². The van der Waals surface area contributed by atoms with E-state index in [2.05, 4.69) is 0 Å². The summed E-state index contributed by atoms with van der Waals surface area (Å²) in [5, 5.41) is 0. The topological polar surface area (TPSA) is 34.1 Å². The molecule has 0 spiro atoms. The summed E-state index contributed by atoms with van der Waals surface area (Å²) in [7, 11) is 0. The van der Waals surface area contributed by atoms with E-state index in [1.807, 2.05) is 61.5 Å². The molecular formula is C23H16O2. The Morgan fingerprint density at radius 2 is 1.08 bits per heavy atom. The Morgan fingerprint density at radius 1 is 0.600 bits per heavy atom. The zero-order chi connectivity index (χ0) is 17.4. The Labute approximate surface area is 146 Å². The number of hydrogen-bond donors (Lipinski definition) is 0. The molecule has 2 nitrogen and oxygen atoms in total. The molecule has 1 aliphatic carbocycles. The third kappa shape index (κ3) is 2.52. The van der Waals surface area contributed by atoms with Crippen LogP contribution in [0.4, 0.5) is 0 Å². The average molecular weight is 324 g/mol. The maximum atomic E-state index is 13.0. The van der Waals surface area contributed by atoms with Gasteiger partial charge in [0.25, 0.3) is 0 Å². The molecule has 4 rings (SSSR count). The van der Waals surface area contributed by atoms with Crippen LogP contribution >= 0.6 is 0 Å². The van der Waals surface area contributed by atoms with Crippen LogP contribution in [-0.4, -0.2) is 11.6 Å². The highest BCUT2D eigenvalue weighted by atomic mass is 16.2. The third-order valence-corrected chi connectivity index (χ3v) is 4.52. The Balaban J connectivity index is 2.02. The molecule has 0 saturated carbocycles. The first kappa shape index (κ1) is 15.3. The lowest BCUT2D eigenvalue weighted by Gasteiger charge is -2.11. The molecule has 0 atom stereocenters. The van der Waals surface area contributed by atoms with E-state index in [9.17, 15) is 9.59 Å². The van der Waals surface area contributed by atoms with Crippen LogP contribution in [0, 0.1) is 6.92 Å². The minimum absolute atomic E-state index is 0.194. The number of aryl methyl sites for hydroxylation is 1. The molecule has 120 valence electrons. The van der Waals surface area contributed by atoms with Gasteiger partial charge in [-0.05, 0) is 18.1 Å². The SMILES string of the molecule is Cc1ccc(C(=C2C(=O)c3ccccc3C2=O)c2ccccc2)cc1. The number of carbonyl (C=O) groups excluding carboxylic acids is 2. The summed E-state index contributed by atoms with van der Waals surface area (Å²) in [6, 6.07) is 24.6. The van der Waals surface area contributed by atoms with Crippen molar-refractivity contribution in [1.82, 2.24) is 0 Å². The van der Waals surface area contributed by atoms with E-state index in [4.69, 9.17) is 0 Å². The molecule has 0 aromatic heterocycles. The summed E-state index contributed by atoms with van der Waals surface area (Å²) < 4.78 is 0. The van der Waals surface area contributed by atoms with Crippen LogP contribution in [0.25, 0.3) is 5.57 Å². The Morgan fingerprint density at radius 3 is 1.64 bits per heavy atom. The second-order valence-corrected chi connectivity index (χ2v) is 6.19. The summed E-state index contributed by atoms with van der Waals surface area (Å²) >= 11 is 0. The Bertz CT molecular complexity index is 972. The van der Waals surface area contributed by atoms with Gasteiger partial charge >= 0.3 is 0 Å². The van der Waals surface area contributed by atoms with Crippen LogP contribution in [0.15, 0.2) is 84.4 Å². The first-order chi connectivity index (χ1) is 12.2. The molecule has 2 heteroatoms. The van der Waals surface area contributed by atoms with Crippen molar-refractivity contribution in [2.45, 2.75) is 6.92 Å². The van der Waals surface area contributed by atoms with E-state index in [1.165, 1.54) is 0 Å². The highest BCUT2D eigenvalue weighted by molar-refractivity contribution is 6.43. The Kier molecular flexibility index (Phi) is 3.66. The molecule has 25 heavy (non-hydrogen) atoms. The molecule has 0 saturated heterocycles. The van der Waals surface area contributed by atoms with E-state index in [-0.39, 0.29) is 17.1 Å². The first-order valence-corrected chi connectivity index (χ1v) is 8.22. The van der Waals surface area contributed by atoms with E-state index in [1.54, 1.807) is 24.3 Å². The predicted molar refractivity (Wildman–Crippen MR) is 98.7 cm³/mol. The maximum absolute atomic E-state index is 13.0. The van der Waals surface area contributed by atoms with Crippen molar-refractivity contribution in [3.05, 3.63) is 112 Å². The highest BCUT2D eigenvalue weighted by Gasteiger charge is 2.35. The van der Waals surface area contributed by atoms with Gasteiger partial charge in [-0.1, -0.05) is 84.4 Å². The summed E-state index contributed by atoms with van der Waals surface area (Å²) in [6.45, 7) is 2.01. The van der Waals surface area contributed by atoms with Crippen molar-refractivity contribution in [3.8, 4) is 0 Å². The zero-order valence-corrected chi connectivity index (χ0v) is 13.8. The molecule has 0 heterocycles. The summed E-state index contributed by atoms with van der Waals surface area (Å²) in [6.07, 6.45) is 0. The van der Waals surface area contributed by atoms with Crippen molar-refractivity contribution in [3.63, 3.8) is 0 Å². The van der Waals surface area contributed by atoms with Crippen molar-refractivity contribution in [2.24, 2.45) is 0 Å². The molecule has 1 aliphatic rings. The fraction of sp³-hybridized carbons (Fsp3) is 0.0435. The third-order valence-electron chi connectivity index (χ3n) is 4.52. The summed E-state index contributed by atoms with van der Waals surface area (Å²) in [4.78, 5) is 26.0. The number of benzene rings is 3. The summed E-state index contributed by atoms with van der Waals surface area (Å²) in [5.41, 5.74) is 4.82. The smallest absolute Gasteiger partial charge is 0.198 e. The van der Waals surface area contributed by atoms with Gasteiger partial charge in [0.15, 0.2) is 11.6 Å². The van der Waals surface area contributed by atoms with Crippen LogP contribution < -0.4 is 0 Å². The van der Waals surface area contributed by atoms with Crippen molar-refractivity contribution in [2.75, 3.05) is 0 Å². The van der Waals surface area contributed by atoms with E-state index < -0.39 is 0 Å². The van der Waals surface area contributed by atoms with Gasteiger partial charge in [0.05, 0.1) is 5.57 Å². The van der Waals surface area contributed by atoms with Crippen LogP contribution in [0.5, 0.6) is 0 Å². The maximum Gasteiger partial charge on any atom is 0.198 e. The molecule has 0 radical (unpaired) electrons. The molecule has 3 aromatic carbocycles. The Hall–Kier alpha value is -3.26. The van der Waals surface area contributed by atoms with Crippen molar-refractivity contribution in [1.29, 1.82) is 0 Å². The second kappa shape index (κ2) is 5.99. The van der Waals surface area contributed by atoms with E-state index >= 15 is 0 Å². The van der Waals surface area contributed by atoms with Crippen LogP contribution in [0.3, 0.4) is 0 Å². The monoisotopic (exact) mass is 324 g/mol. The minimum Gasteiger partial charge on any atom is -0.288 e. The number of hydrogen-bond acceptors (Lipinski definition) is 2. The predicted octanol–water partition coefficient (Wildman–Crippen LogP) is 4.88. The minimum atomic E-state index is -0.194. The average Bonchev–Trinajstić information content (AvgIpc) is 2.90. The number of rotatable bonds is 2. The number of fused-ring (bicyclic) bond motifs is 1. The molecule has 0 fully saturated rings. The highest BCUT2D eigenvalue weighted by Crippen LogP contribution is 2.35. The summed E-state index contributed by atoms with van der Waals surface area (Å²) in [5.74, 6) is -0.389. The zero-order valence-electron chi connectivity index (χ0n) is 13.8. The number of carbonyl (C=O) groups is 2. The molecule has 0 unspecified atom stereocenters. The first-order valence-electron chi connectivity index (χ1n) is 8.22. The fourth-order valence-corrected chi connectivity index (χ4v) is 3.26. The van der Waals surface area contributed by atoms with Gasteiger partial charge in [-0.15, -0.1) is 0 Å². The lowest BCUT2D eigenvalue weighted by molar-refractivity contribution is 0.0990. The fourth-order valence-electron chi connectivity index (χ4n) is 3.26. The standard InChI is InChI=1S/C23H16O2/c1-15-11-13-17(14-12-15)20(16-7-3-2-4-8-16)21-22(24)18-9-5-6-10-19(18)23(21)25/h2-14H,1H3. The molecule has 0 aliphatic heterocycles. The molecule has 3 aromatic rings. The normalized spacial score (nSPS) is 13.1. The number of allylic oxidation sites excluding steroid dienone is 1. The van der Waals surface area contributed by atoms with E-state index in [0.29, 0.717) is 16.7 Å². The molecule has 0 bridgehead atoms. The molecule has 0 amide bonds. The van der Waals surface area contributed by atoms with Crippen LogP contribution in [0.2, 0.25) is 0 Å². The second-order valence-electron chi connectivity index (χ2n) is 6.19. The van der Waals surface area contributed by atoms with Crippen molar-refractivity contribution >= 4 is 17.1 Å². The van der Waals surface area contributed by atoms with Gasteiger partial charge < -0.3 is 0 Å². The number of ketones is 2. The van der Waals surface area contributed by atoms with Crippen LogP contribution in [0.1, 0.15) is 37.4 Å². The lowest BCUT2D eigenvalue weighted by Crippen LogP contribution is -2.06. The van der Waals surface area contributed by atoms with Gasteiger partial charge in [0, 0.05) is 16.7 Å². The quantitative estimate of drug-likeness (QED) is 0.497. The van der Waals surface area contributed by atoms with E-state index in [0.717, 1.165) is 16.7 Å².